The Morgan fingerprint density at radius 1 is 0.816 bits per heavy atom. The second kappa shape index (κ2) is 11.4. The molecule has 190 valence electrons. The van der Waals surface area contributed by atoms with Crippen molar-refractivity contribution in [1.82, 2.24) is 5.43 Å². The van der Waals surface area contributed by atoms with E-state index in [0.29, 0.717) is 33.9 Å². The van der Waals surface area contributed by atoms with E-state index in [4.69, 9.17) is 14.2 Å². The summed E-state index contributed by atoms with van der Waals surface area (Å²) >= 11 is 3.58. The average Bonchev–Trinajstić information content (AvgIpc) is 2.95. The lowest BCUT2D eigenvalue weighted by Crippen LogP contribution is -2.18. The second-order valence-electron chi connectivity index (χ2n) is 8.60. The Bertz CT molecular complexity index is 1670. The fraction of sp³-hybridized carbons (Fsp3) is 0.0968. The van der Waals surface area contributed by atoms with Gasteiger partial charge in [0.15, 0.2) is 11.5 Å². The number of nitrogens with zero attached hydrogens (tertiary/aromatic N) is 1. The molecule has 6 nitrogen and oxygen atoms in total. The fourth-order valence-corrected chi connectivity index (χ4v) is 4.80. The van der Waals surface area contributed by atoms with E-state index in [1.807, 2.05) is 48.5 Å². The molecule has 0 heterocycles. The van der Waals surface area contributed by atoms with Crippen molar-refractivity contribution >= 4 is 49.6 Å². The standard InChI is InChI=1S/C31H25BrN2O4/c1-36-28-17-25-10-6-5-9-24(25)16-26(28)31(35)34-33-18-21-14-27(32)30(29(15-21)37-2)38-19-20-11-12-22-7-3-4-8-23(22)13-20/h3-18H,19H2,1-2H3,(H,34,35)/b33-18-. The van der Waals surface area contributed by atoms with E-state index in [-0.39, 0.29) is 5.91 Å². The van der Waals surface area contributed by atoms with Gasteiger partial charge < -0.3 is 14.2 Å². The third kappa shape index (κ3) is 5.48. The number of rotatable bonds is 8. The predicted octanol–water partition coefficient (Wildman–Crippen LogP) is 7.12. The van der Waals surface area contributed by atoms with Crippen LogP contribution in [0.15, 0.2) is 101 Å². The van der Waals surface area contributed by atoms with Crippen molar-refractivity contribution in [2.24, 2.45) is 5.10 Å². The summed E-state index contributed by atoms with van der Waals surface area (Å²) in [6, 6.07) is 29.5. The molecule has 38 heavy (non-hydrogen) atoms. The summed E-state index contributed by atoms with van der Waals surface area (Å²) in [5, 5.41) is 8.42. The third-order valence-corrected chi connectivity index (χ3v) is 6.73. The zero-order valence-electron chi connectivity index (χ0n) is 20.9. The number of carbonyl (C=O) groups excluding carboxylic acids is 1. The van der Waals surface area contributed by atoms with Crippen LogP contribution in [0.2, 0.25) is 0 Å². The number of nitrogens with one attached hydrogen (secondary N) is 1. The maximum atomic E-state index is 12.8. The minimum Gasteiger partial charge on any atom is -0.496 e. The molecule has 5 aromatic carbocycles. The van der Waals surface area contributed by atoms with Crippen LogP contribution >= 0.6 is 15.9 Å². The maximum absolute atomic E-state index is 12.8. The number of halogens is 1. The van der Waals surface area contributed by atoms with Gasteiger partial charge in [0.25, 0.3) is 5.91 Å². The summed E-state index contributed by atoms with van der Waals surface area (Å²) in [6.45, 7) is 0.386. The molecule has 0 aliphatic heterocycles. The summed E-state index contributed by atoms with van der Waals surface area (Å²) in [5.74, 6) is 1.24. The highest BCUT2D eigenvalue weighted by molar-refractivity contribution is 9.10. The van der Waals surface area contributed by atoms with Crippen molar-refractivity contribution in [3.63, 3.8) is 0 Å². The van der Waals surface area contributed by atoms with Gasteiger partial charge in [-0.15, -0.1) is 0 Å². The van der Waals surface area contributed by atoms with Gasteiger partial charge in [-0.25, -0.2) is 5.43 Å². The minimum absolute atomic E-state index is 0.370. The molecule has 1 amide bonds. The lowest BCUT2D eigenvalue weighted by Gasteiger charge is -2.14. The molecule has 0 radical (unpaired) electrons. The van der Waals surface area contributed by atoms with Crippen LogP contribution in [0.1, 0.15) is 21.5 Å². The monoisotopic (exact) mass is 568 g/mol. The Morgan fingerprint density at radius 3 is 2.18 bits per heavy atom. The molecule has 0 saturated heterocycles. The topological polar surface area (TPSA) is 69.2 Å². The molecule has 1 N–H and O–H groups in total. The van der Waals surface area contributed by atoms with Gasteiger partial charge in [0.1, 0.15) is 12.4 Å². The first-order valence-electron chi connectivity index (χ1n) is 11.9. The number of methoxy groups -OCH3 is 2. The van der Waals surface area contributed by atoms with Crippen LogP contribution in [0.5, 0.6) is 17.2 Å². The van der Waals surface area contributed by atoms with Gasteiger partial charge in [-0.3, -0.25) is 4.79 Å². The van der Waals surface area contributed by atoms with Crippen LogP contribution in [0.4, 0.5) is 0 Å². The molecular weight excluding hydrogens is 544 g/mol. The maximum Gasteiger partial charge on any atom is 0.275 e. The largest absolute Gasteiger partial charge is 0.496 e. The minimum atomic E-state index is -0.370. The number of hydrazone groups is 1. The first-order valence-corrected chi connectivity index (χ1v) is 12.7. The van der Waals surface area contributed by atoms with Gasteiger partial charge >= 0.3 is 0 Å². The van der Waals surface area contributed by atoms with Crippen LogP contribution in [0.3, 0.4) is 0 Å². The zero-order chi connectivity index (χ0) is 26.5. The molecule has 0 aliphatic carbocycles. The molecule has 0 unspecified atom stereocenters. The Labute approximate surface area is 229 Å². The Morgan fingerprint density at radius 2 is 1.47 bits per heavy atom. The number of hydrogen-bond acceptors (Lipinski definition) is 5. The van der Waals surface area contributed by atoms with Crippen LogP contribution < -0.4 is 19.6 Å². The Balaban J connectivity index is 1.30. The molecule has 7 heteroatoms. The summed E-state index contributed by atoms with van der Waals surface area (Å²) in [5.41, 5.74) is 4.76. The van der Waals surface area contributed by atoms with E-state index in [9.17, 15) is 4.79 Å². The first kappa shape index (κ1) is 25.3. The van der Waals surface area contributed by atoms with Crippen molar-refractivity contribution in [2.75, 3.05) is 14.2 Å². The molecule has 0 saturated carbocycles. The lowest BCUT2D eigenvalue weighted by molar-refractivity contribution is 0.0952. The van der Waals surface area contributed by atoms with E-state index >= 15 is 0 Å². The van der Waals surface area contributed by atoms with Crippen molar-refractivity contribution in [1.29, 1.82) is 0 Å². The molecule has 0 aliphatic rings. The zero-order valence-corrected chi connectivity index (χ0v) is 22.5. The summed E-state index contributed by atoms with van der Waals surface area (Å²) in [7, 11) is 3.12. The van der Waals surface area contributed by atoms with Crippen molar-refractivity contribution in [2.45, 2.75) is 6.61 Å². The molecule has 0 aromatic heterocycles. The van der Waals surface area contributed by atoms with Gasteiger partial charge in [0.2, 0.25) is 0 Å². The predicted molar refractivity (Wildman–Crippen MR) is 155 cm³/mol. The van der Waals surface area contributed by atoms with E-state index in [0.717, 1.165) is 27.3 Å². The third-order valence-electron chi connectivity index (χ3n) is 6.14. The van der Waals surface area contributed by atoms with E-state index in [1.165, 1.54) is 12.5 Å². The smallest absolute Gasteiger partial charge is 0.275 e. The van der Waals surface area contributed by atoms with Crippen molar-refractivity contribution in [3.05, 3.63) is 112 Å². The Kier molecular flexibility index (Phi) is 7.56. The van der Waals surface area contributed by atoms with Crippen LogP contribution in [-0.4, -0.2) is 26.3 Å². The van der Waals surface area contributed by atoms with E-state index in [1.54, 1.807) is 25.5 Å². The van der Waals surface area contributed by atoms with Crippen LogP contribution in [0.25, 0.3) is 21.5 Å². The summed E-state index contributed by atoms with van der Waals surface area (Å²) in [4.78, 5) is 12.8. The number of fused-ring (bicyclic) bond motifs is 2. The van der Waals surface area contributed by atoms with Crippen LogP contribution in [0, 0.1) is 0 Å². The van der Waals surface area contributed by atoms with E-state index < -0.39 is 0 Å². The highest BCUT2D eigenvalue weighted by Crippen LogP contribution is 2.37. The highest BCUT2D eigenvalue weighted by atomic mass is 79.9. The molecular formula is C31H25BrN2O4. The van der Waals surface area contributed by atoms with E-state index in [2.05, 4.69) is 56.8 Å². The van der Waals surface area contributed by atoms with Gasteiger partial charge in [0, 0.05) is 0 Å². The quantitative estimate of drug-likeness (QED) is 0.160. The molecule has 5 rings (SSSR count). The van der Waals surface area contributed by atoms with Gasteiger partial charge in [-0.2, -0.15) is 5.10 Å². The van der Waals surface area contributed by atoms with Gasteiger partial charge in [-0.05, 0) is 78.9 Å². The molecule has 0 fully saturated rings. The second-order valence-corrected chi connectivity index (χ2v) is 9.46. The van der Waals surface area contributed by atoms with Crippen molar-refractivity contribution < 1.29 is 19.0 Å². The van der Waals surface area contributed by atoms with Gasteiger partial charge in [0.05, 0.1) is 30.5 Å². The molecule has 0 bridgehead atoms. The lowest BCUT2D eigenvalue weighted by atomic mass is 10.1. The average molecular weight is 569 g/mol. The number of ether oxygens (including phenoxy) is 3. The summed E-state index contributed by atoms with van der Waals surface area (Å²) < 4.78 is 17.8. The normalized spacial score (nSPS) is 11.1. The number of carbonyl (C=O) groups is 1. The number of benzene rings is 5. The molecule has 0 atom stereocenters. The molecule has 0 spiro atoms. The van der Waals surface area contributed by atoms with Gasteiger partial charge in [-0.1, -0.05) is 60.7 Å². The fourth-order valence-electron chi connectivity index (χ4n) is 4.23. The van der Waals surface area contributed by atoms with Crippen molar-refractivity contribution in [3.8, 4) is 17.2 Å². The summed E-state index contributed by atoms with van der Waals surface area (Å²) in [6.07, 6.45) is 1.55. The van der Waals surface area contributed by atoms with Crippen LogP contribution in [-0.2, 0) is 6.61 Å². The highest BCUT2D eigenvalue weighted by Gasteiger charge is 2.14. The number of amides is 1. The molecule has 5 aromatic rings. The SMILES string of the molecule is COc1cc2ccccc2cc1C(=O)N/N=C\c1cc(Br)c(OCc2ccc3ccccc3c2)c(OC)c1. The number of hydrogen-bond donors (Lipinski definition) is 1. The first-order chi connectivity index (χ1) is 18.6. The Hall–Kier alpha value is -4.36.